The minimum Gasteiger partial charge on any atom is -0.321 e. The summed E-state index contributed by atoms with van der Waals surface area (Å²) < 4.78 is 13.5. The second-order valence-electron chi connectivity index (χ2n) is 3.90. The number of carbonyl (C=O) groups is 1. The number of hydrogen-bond donors (Lipinski definition) is 1. The average molecular weight is 244 g/mol. The molecule has 2 N–H and O–H groups in total. The van der Waals surface area contributed by atoms with E-state index in [0.29, 0.717) is 0 Å². The van der Waals surface area contributed by atoms with Crippen molar-refractivity contribution < 1.29 is 9.18 Å². The van der Waals surface area contributed by atoms with Crippen LogP contribution in [0.2, 0.25) is 5.02 Å². The largest absolute Gasteiger partial charge is 0.321 e. The zero-order chi connectivity index (χ0) is 12.3. The van der Waals surface area contributed by atoms with Crippen molar-refractivity contribution in [2.45, 2.75) is 26.3 Å². The molecule has 88 valence electrons. The molecule has 0 bridgehead atoms. The predicted octanol–water partition coefficient (Wildman–Crippen LogP) is 3.04. The number of Topliss-reactive ketones (excluding diaryl/α,β-unsaturated/α-hetero) is 1. The molecule has 2 atom stereocenters. The number of benzene rings is 1. The van der Waals surface area contributed by atoms with E-state index in [1.165, 1.54) is 12.1 Å². The Morgan fingerprint density at radius 2 is 2.19 bits per heavy atom. The summed E-state index contributed by atoms with van der Waals surface area (Å²) in [6, 6.07) is 3.32. The lowest BCUT2D eigenvalue weighted by Crippen LogP contribution is -2.37. The van der Waals surface area contributed by atoms with E-state index >= 15 is 0 Å². The third kappa shape index (κ3) is 2.80. The van der Waals surface area contributed by atoms with Gasteiger partial charge in [-0.05, 0) is 24.1 Å². The van der Waals surface area contributed by atoms with E-state index in [9.17, 15) is 9.18 Å². The highest BCUT2D eigenvalue weighted by atomic mass is 35.5. The first-order valence-electron chi connectivity index (χ1n) is 5.22. The molecule has 0 aromatic heterocycles. The van der Waals surface area contributed by atoms with Crippen molar-refractivity contribution in [2.75, 3.05) is 0 Å². The third-order valence-electron chi connectivity index (χ3n) is 2.76. The van der Waals surface area contributed by atoms with Crippen LogP contribution in [0.5, 0.6) is 0 Å². The van der Waals surface area contributed by atoms with Gasteiger partial charge in [0.15, 0.2) is 5.78 Å². The molecule has 0 amide bonds. The first kappa shape index (κ1) is 13.1. The molecule has 4 heteroatoms. The van der Waals surface area contributed by atoms with Crippen molar-refractivity contribution in [1.82, 2.24) is 0 Å². The summed E-state index contributed by atoms with van der Waals surface area (Å²) in [6.45, 7) is 3.81. The molecular formula is C12H15ClFNO. The Balaban J connectivity index is 2.96. The van der Waals surface area contributed by atoms with Gasteiger partial charge in [0.05, 0.1) is 11.6 Å². The molecule has 1 aromatic rings. The van der Waals surface area contributed by atoms with Crippen LogP contribution in [0.25, 0.3) is 0 Å². The van der Waals surface area contributed by atoms with Crippen LogP contribution < -0.4 is 5.73 Å². The molecule has 1 rings (SSSR count). The van der Waals surface area contributed by atoms with Gasteiger partial charge < -0.3 is 5.73 Å². The Bertz CT molecular complexity index is 395. The van der Waals surface area contributed by atoms with Crippen LogP contribution >= 0.6 is 11.6 Å². The maximum absolute atomic E-state index is 13.5. The highest BCUT2D eigenvalue weighted by Crippen LogP contribution is 2.18. The number of carbonyl (C=O) groups excluding carboxylic acids is 1. The van der Waals surface area contributed by atoms with Gasteiger partial charge in [-0.1, -0.05) is 31.9 Å². The topological polar surface area (TPSA) is 43.1 Å². The summed E-state index contributed by atoms with van der Waals surface area (Å²) >= 11 is 5.61. The minimum absolute atomic E-state index is 0.0113. The summed E-state index contributed by atoms with van der Waals surface area (Å²) in [5.74, 6) is -0.956. The van der Waals surface area contributed by atoms with Gasteiger partial charge in [0, 0.05) is 5.02 Å². The van der Waals surface area contributed by atoms with Crippen molar-refractivity contribution in [1.29, 1.82) is 0 Å². The molecule has 2 nitrogen and oxygen atoms in total. The Morgan fingerprint density at radius 1 is 1.56 bits per heavy atom. The van der Waals surface area contributed by atoms with Crippen molar-refractivity contribution >= 4 is 17.4 Å². The Hall–Kier alpha value is -0.930. The van der Waals surface area contributed by atoms with E-state index in [2.05, 4.69) is 0 Å². The van der Waals surface area contributed by atoms with E-state index in [4.69, 9.17) is 17.3 Å². The number of hydrogen-bond acceptors (Lipinski definition) is 2. The van der Waals surface area contributed by atoms with Crippen LogP contribution in [0.4, 0.5) is 4.39 Å². The molecular weight excluding hydrogens is 229 g/mol. The lowest BCUT2D eigenvalue weighted by molar-refractivity contribution is 0.0931. The molecule has 0 heterocycles. The van der Waals surface area contributed by atoms with Gasteiger partial charge in [-0.25, -0.2) is 4.39 Å². The van der Waals surface area contributed by atoms with Crippen molar-refractivity contribution in [3.05, 3.63) is 34.6 Å². The van der Waals surface area contributed by atoms with E-state index in [-0.39, 0.29) is 22.3 Å². The van der Waals surface area contributed by atoms with Gasteiger partial charge in [0.2, 0.25) is 0 Å². The molecule has 2 unspecified atom stereocenters. The van der Waals surface area contributed by atoms with Crippen molar-refractivity contribution in [3.63, 3.8) is 0 Å². The monoisotopic (exact) mass is 243 g/mol. The molecule has 0 fully saturated rings. The fraction of sp³-hybridized carbons (Fsp3) is 0.417. The van der Waals surface area contributed by atoms with Gasteiger partial charge in [0.25, 0.3) is 0 Å². The third-order valence-corrected chi connectivity index (χ3v) is 2.99. The van der Waals surface area contributed by atoms with Gasteiger partial charge in [-0.15, -0.1) is 0 Å². The van der Waals surface area contributed by atoms with Gasteiger partial charge >= 0.3 is 0 Å². The van der Waals surface area contributed by atoms with Crippen molar-refractivity contribution in [3.8, 4) is 0 Å². The van der Waals surface area contributed by atoms with E-state index < -0.39 is 11.9 Å². The standard InChI is InChI=1S/C12H15ClFNO/c1-3-7(2)11(15)12(16)9-5-4-8(13)6-10(9)14/h4-7,11H,3,15H2,1-2H3. The Labute approximate surface area is 99.6 Å². The normalized spacial score (nSPS) is 14.6. The Kier molecular flexibility index (Phi) is 4.44. The second-order valence-corrected chi connectivity index (χ2v) is 4.34. The van der Waals surface area contributed by atoms with Gasteiger partial charge in [0.1, 0.15) is 5.82 Å². The maximum atomic E-state index is 13.5. The lowest BCUT2D eigenvalue weighted by Gasteiger charge is -2.17. The first-order chi connectivity index (χ1) is 7.47. The number of ketones is 1. The smallest absolute Gasteiger partial charge is 0.182 e. The number of nitrogens with two attached hydrogens (primary N) is 1. The van der Waals surface area contributed by atoms with E-state index in [1.807, 2.05) is 13.8 Å². The number of halogens is 2. The Morgan fingerprint density at radius 3 is 2.69 bits per heavy atom. The minimum atomic E-state index is -0.666. The summed E-state index contributed by atoms with van der Waals surface area (Å²) in [7, 11) is 0. The van der Waals surface area contributed by atoms with Crippen LogP contribution in [0.15, 0.2) is 18.2 Å². The van der Waals surface area contributed by atoms with E-state index in [0.717, 1.165) is 12.5 Å². The second kappa shape index (κ2) is 5.41. The molecule has 0 aliphatic heterocycles. The molecule has 0 aliphatic carbocycles. The van der Waals surface area contributed by atoms with Gasteiger partial charge in [-0.3, -0.25) is 4.79 Å². The molecule has 0 radical (unpaired) electrons. The maximum Gasteiger partial charge on any atom is 0.182 e. The molecule has 0 spiro atoms. The number of rotatable bonds is 4. The average Bonchev–Trinajstić information content (AvgIpc) is 2.26. The van der Waals surface area contributed by atoms with Crippen LogP contribution in [-0.4, -0.2) is 11.8 Å². The molecule has 1 aromatic carbocycles. The predicted molar refractivity (Wildman–Crippen MR) is 63.2 cm³/mol. The summed E-state index contributed by atoms with van der Waals surface area (Å²) in [6.07, 6.45) is 0.780. The fourth-order valence-electron chi connectivity index (χ4n) is 1.38. The molecule has 0 aliphatic rings. The van der Waals surface area contributed by atoms with Crippen molar-refractivity contribution in [2.24, 2.45) is 11.7 Å². The highest BCUT2D eigenvalue weighted by molar-refractivity contribution is 6.30. The molecule has 0 saturated carbocycles. The van der Waals surface area contributed by atoms with E-state index in [1.54, 1.807) is 0 Å². The zero-order valence-electron chi connectivity index (χ0n) is 9.34. The van der Waals surface area contributed by atoms with Crippen LogP contribution in [0, 0.1) is 11.7 Å². The highest BCUT2D eigenvalue weighted by Gasteiger charge is 2.23. The fourth-order valence-corrected chi connectivity index (χ4v) is 1.54. The summed E-state index contributed by atoms with van der Waals surface area (Å²) in [5.41, 5.74) is 5.77. The van der Waals surface area contributed by atoms with Crippen LogP contribution in [0.1, 0.15) is 30.6 Å². The quantitative estimate of drug-likeness (QED) is 0.826. The van der Waals surface area contributed by atoms with Gasteiger partial charge in [-0.2, -0.15) is 0 Å². The summed E-state index contributed by atoms with van der Waals surface area (Å²) in [5, 5.41) is 0.270. The lowest BCUT2D eigenvalue weighted by atomic mass is 9.92. The van der Waals surface area contributed by atoms with Crippen LogP contribution in [0.3, 0.4) is 0 Å². The van der Waals surface area contributed by atoms with Crippen LogP contribution in [-0.2, 0) is 0 Å². The summed E-state index contributed by atoms with van der Waals surface area (Å²) in [4.78, 5) is 11.9. The molecule has 0 saturated heterocycles. The zero-order valence-corrected chi connectivity index (χ0v) is 10.1. The SMILES string of the molecule is CCC(C)C(N)C(=O)c1ccc(Cl)cc1F. The molecule has 16 heavy (non-hydrogen) atoms. The first-order valence-corrected chi connectivity index (χ1v) is 5.60.